The number of rotatable bonds is 0. The van der Waals surface area contributed by atoms with Crippen LogP contribution in [0.15, 0.2) is 48.5 Å². The first-order chi connectivity index (χ1) is 7.36. The summed E-state index contributed by atoms with van der Waals surface area (Å²) in [5.41, 5.74) is 8.84. The van der Waals surface area contributed by atoms with Crippen molar-refractivity contribution in [3.8, 4) is 0 Å². The van der Waals surface area contributed by atoms with Gasteiger partial charge in [0.15, 0.2) is 0 Å². The minimum atomic E-state index is 0. The van der Waals surface area contributed by atoms with Gasteiger partial charge in [0.05, 0.1) is 16.7 Å². The third-order valence-corrected chi connectivity index (χ3v) is 2.63. The van der Waals surface area contributed by atoms with Gasteiger partial charge in [-0.2, -0.15) is 0 Å². The minimum Gasteiger partial charge on any atom is -0.398 e. The maximum absolute atomic E-state index is 6.11. The van der Waals surface area contributed by atoms with Crippen LogP contribution in [0.4, 0.5) is 5.69 Å². The third kappa shape index (κ3) is 1.52. The van der Waals surface area contributed by atoms with Crippen molar-refractivity contribution in [2.24, 2.45) is 0 Å². The number of anilines is 1. The Morgan fingerprint density at radius 2 is 1.19 bits per heavy atom. The van der Waals surface area contributed by atoms with Crippen LogP contribution in [0.1, 0.15) is 0 Å². The van der Waals surface area contributed by atoms with Crippen molar-refractivity contribution in [2.75, 3.05) is 5.73 Å². The average Bonchev–Trinajstić information content (AvgIpc) is 2.30. The zero-order valence-corrected chi connectivity index (χ0v) is 9.49. The number of fused-ring (bicyclic) bond motifs is 2. The Bertz CT molecular complexity index is 596. The van der Waals surface area contributed by atoms with E-state index in [1.807, 2.05) is 48.5 Å². The van der Waals surface area contributed by atoms with E-state index in [1.54, 1.807) is 0 Å². The fourth-order valence-electron chi connectivity index (χ4n) is 1.87. The van der Waals surface area contributed by atoms with Crippen LogP contribution in [-0.2, 0) is 0 Å². The fourth-order valence-corrected chi connectivity index (χ4v) is 1.87. The van der Waals surface area contributed by atoms with E-state index in [0.29, 0.717) is 0 Å². The molecule has 2 aromatic carbocycles. The lowest BCUT2D eigenvalue weighted by atomic mass is 10.1. The number of nitrogen functional groups attached to an aromatic ring is 1. The van der Waals surface area contributed by atoms with Crippen LogP contribution in [0.3, 0.4) is 0 Å². The quantitative estimate of drug-likeness (QED) is 0.466. The molecule has 16 heavy (non-hydrogen) atoms. The monoisotopic (exact) mass is 225 g/mol. The summed E-state index contributed by atoms with van der Waals surface area (Å²) in [6.07, 6.45) is 0. The van der Waals surface area contributed by atoms with Crippen LogP contribution in [-0.4, -0.2) is 4.98 Å². The van der Waals surface area contributed by atoms with Gasteiger partial charge in [0, 0.05) is 20.7 Å². The Labute approximate surface area is 97.1 Å². The molecule has 1 heterocycles. The molecule has 3 radical (unpaired) electrons. The number of nitrogens with zero attached hydrogens (tertiary/aromatic N) is 1. The molecule has 3 rings (SSSR count). The normalized spacial score (nSPS) is 10.2. The van der Waals surface area contributed by atoms with E-state index < -0.39 is 0 Å². The smallest absolute Gasteiger partial charge is 0.0730 e. The highest BCUT2D eigenvalue weighted by atomic mass is 31.0. The van der Waals surface area contributed by atoms with Crippen LogP contribution >= 0.6 is 9.90 Å². The second-order valence-electron chi connectivity index (χ2n) is 3.56. The van der Waals surface area contributed by atoms with Crippen molar-refractivity contribution in [3.63, 3.8) is 0 Å². The number of pyridine rings is 1. The second-order valence-corrected chi connectivity index (χ2v) is 3.56. The van der Waals surface area contributed by atoms with Gasteiger partial charge in [-0.05, 0) is 12.1 Å². The van der Waals surface area contributed by atoms with E-state index in [2.05, 4.69) is 4.98 Å². The number of aromatic nitrogens is 1. The lowest BCUT2D eigenvalue weighted by molar-refractivity contribution is 1.50. The van der Waals surface area contributed by atoms with Crippen LogP contribution in [0, 0.1) is 0 Å². The maximum atomic E-state index is 6.11. The van der Waals surface area contributed by atoms with Crippen molar-refractivity contribution in [3.05, 3.63) is 48.5 Å². The van der Waals surface area contributed by atoms with E-state index in [9.17, 15) is 0 Å². The molecule has 0 unspecified atom stereocenters. The van der Waals surface area contributed by atoms with Gasteiger partial charge in [0.2, 0.25) is 0 Å². The summed E-state index contributed by atoms with van der Waals surface area (Å²) in [5.74, 6) is 0. The second kappa shape index (κ2) is 4.07. The first-order valence-electron chi connectivity index (χ1n) is 4.89. The summed E-state index contributed by atoms with van der Waals surface area (Å²) in [4.78, 5) is 4.56. The summed E-state index contributed by atoms with van der Waals surface area (Å²) < 4.78 is 0. The first kappa shape index (κ1) is 10.8. The molecule has 3 aromatic rings. The van der Waals surface area contributed by atoms with Gasteiger partial charge < -0.3 is 5.73 Å². The molecule has 0 amide bonds. The molecule has 0 bridgehead atoms. The van der Waals surface area contributed by atoms with Gasteiger partial charge in [-0.15, -0.1) is 0 Å². The van der Waals surface area contributed by atoms with Crippen molar-refractivity contribution >= 4 is 37.4 Å². The van der Waals surface area contributed by atoms with Crippen molar-refractivity contribution in [2.45, 2.75) is 0 Å². The topological polar surface area (TPSA) is 38.9 Å². The largest absolute Gasteiger partial charge is 0.398 e. The van der Waals surface area contributed by atoms with Crippen molar-refractivity contribution < 1.29 is 0 Å². The third-order valence-electron chi connectivity index (χ3n) is 2.63. The molecule has 0 aliphatic carbocycles. The van der Waals surface area contributed by atoms with Crippen LogP contribution in [0.5, 0.6) is 0 Å². The Balaban J connectivity index is 0.000000963. The van der Waals surface area contributed by atoms with E-state index >= 15 is 0 Å². The summed E-state index contributed by atoms with van der Waals surface area (Å²) in [6, 6.07) is 15.9. The highest BCUT2D eigenvalue weighted by molar-refractivity contribution is 6.92. The van der Waals surface area contributed by atoms with E-state index in [-0.39, 0.29) is 9.90 Å². The van der Waals surface area contributed by atoms with Gasteiger partial charge in [-0.1, -0.05) is 36.4 Å². The van der Waals surface area contributed by atoms with Gasteiger partial charge in [-0.3, -0.25) is 0 Å². The molecule has 0 spiro atoms. The first-order valence-corrected chi connectivity index (χ1v) is 4.89. The van der Waals surface area contributed by atoms with Gasteiger partial charge >= 0.3 is 0 Å². The van der Waals surface area contributed by atoms with Crippen molar-refractivity contribution in [1.82, 2.24) is 4.98 Å². The predicted octanol–water partition coefficient (Wildman–Crippen LogP) is 3.83. The van der Waals surface area contributed by atoms with Gasteiger partial charge in [-0.25, -0.2) is 4.98 Å². The van der Waals surface area contributed by atoms with E-state index in [4.69, 9.17) is 5.73 Å². The zero-order chi connectivity index (χ0) is 10.3. The molecule has 77 valence electrons. The Morgan fingerprint density at radius 1 is 0.750 bits per heavy atom. The van der Waals surface area contributed by atoms with Crippen LogP contribution in [0.25, 0.3) is 21.8 Å². The average molecular weight is 225 g/mol. The standard InChI is InChI=1S/C13H10N2.P/c14-13-9-5-1-3-7-11(9)15-12-8-4-2-6-10(12)13;/h1-8H,(H2,14,15);. The van der Waals surface area contributed by atoms with Gasteiger partial charge in [0.1, 0.15) is 0 Å². The summed E-state index contributed by atoms with van der Waals surface area (Å²) >= 11 is 0. The molecular formula is C13H10N2P. The number of hydrogen-bond donors (Lipinski definition) is 1. The zero-order valence-electron chi connectivity index (χ0n) is 8.59. The maximum Gasteiger partial charge on any atom is 0.0730 e. The molecule has 2 N–H and O–H groups in total. The minimum absolute atomic E-state index is 0. The lowest BCUT2D eigenvalue weighted by Gasteiger charge is -2.05. The number of benzene rings is 2. The molecule has 0 saturated carbocycles. The molecule has 0 saturated heterocycles. The predicted molar refractivity (Wildman–Crippen MR) is 70.6 cm³/mol. The van der Waals surface area contributed by atoms with E-state index in [1.165, 1.54) is 0 Å². The molecule has 0 fully saturated rings. The molecule has 3 heteroatoms. The molecule has 0 atom stereocenters. The summed E-state index contributed by atoms with van der Waals surface area (Å²) in [7, 11) is 0. The van der Waals surface area contributed by atoms with Crippen LogP contribution < -0.4 is 5.73 Å². The Kier molecular flexibility index (Phi) is 2.76. The number of para-hydroxylation sites is 2. The summed E-state index contributed by atoms with van der Waals surface area (Å²) in [6.45, 7) is 0. The van der Waals surface area contributed by atoms with Crippen molar-refractivity contribution in [1.29, 1.82) is 0 Å². The Morgan fingerprint density at radius 3 is 1.69 bits per heavy atom. The highest BCUT2D eigenvalue weighted by Gasteiger charge is 2.03. The number of nitrogens with two attached hydrogens (primary N) is 1. The molecule has 1 aromatic heterocycles. The Hall–Kier alpha value is -1.66. The molecule has 0 aliphatic heterocycles. The highest BCUT2D eigenvalue weighted by Crippen LogP contribution is 2.27. The van der Waals surface area contributed by atoms with E-state index in [0.717, 1.165) is 27.5 Å². The molecule has 2 nitrogen and oxygen atoms in total. The number of hydrogen-bond acceptors (Lipinski definition) is 2. The fraction of sp³-hybridized carbons (Fsp3) is 0. The van der Waals surface area contributed by atoms with Gasteiger partial charge in [0.25, 0.3) is 0 Å². The lowest BCUT2D eigenvalue weighted by Crippen LogP contribution is -1.91. The molecule has 0 aliphatic rings. The summed E-state index contributed by atoms with van der Waals surface area (Å²) in [5, 5.41) is 2.05. The SMILES string of the molecule is Nc1c2ccccc2nc2ccccc12.[P]. The van der Waals surface area contributed by atoms with Crippen LogP contribution in [0.2, 0.25) is 0 Å². The molecular weight excluding hydrogens is 215 g/mol.